The van der Waals surface area contributed by atoms with Crippen LogP contribution < -0.4 is 15.4 Å². The fraction of sp³-hybridized carbons (Fsp3) is 0.360. The molecule has 0 radical (unpaired) electrons. The molecule has 0 aromatic heterocycles. The van der Waals surface area contributed by atoms with Crippen LogP contribution in [-0.2, 0) is 14.9 Å². The first-order valence-electron chi connectivity index (χ1n) is 11.0. The Morgan fingerprint density at radius 1 is 1.19 bits per heavy atom. The van der Waals surface area contributed by atoms with Crippen LogP contribution in [-0.4, -0.2) is 31.4 Å². The van der Waals surface area contributed by atoms with E-state index >= 15 is 0 Å². The molecule has 2 fully saturated rings. The van der Waals surface area contributed by atoms with Crippen molar-refractivity contribution >= 4 is 29.2 Å². The molecule has 1 saturated heterocycles. The van der Waals surface area contributed by atoms with E-state index in [1.807, 2.05) is 36.4 Å². The normalized spacial score (nSPS) is 20.0. The lowest BCUT2D eigenvalue weighted by molar-refractivity contribution is -0.123. The fourth-order valence-electron chi connectivity index (χ4n) is 4.70. The van der Waals surface area contributed by atoms with E-state index in [1.165, 1.54) is 6.21 Å². The first-order valence-corrected chi connectivity index (χ1v) is 11.0. The van der Waals surface area contributed by atoms with Crippen molar-refractivity contribution in [3.8, 4) is 5.75 Å². The van der Waals surface area contributed by atoms with Gasteiger partial charge in [0.15, 0.2) is 0 Å². The van der Waals surface area contributed by atoms with Gasteiger partial charge in [0, 0.05) is 36.0 Å². The van der Waals surface area contributed by atoms with Gasteiger partial charge in [0.2, 0.25) is 5.91 Å². The standard InChI is InChI=1S/C25H27N3O3/c26-12-7-21(27-18-5-2-1-3-6-18)17-15-20-23(28-24(29)25(20)10-4-11-25)22(16-17)31-19-8-13-30-14-9-19/h1-3,5-7,12,15-16,19,26-27H,4,8-11,13-14H2,(H,28,29)/b21-7-,26-12?. The predicted octanol–water partition coefficient (Wildman–Crippen LogP) is 4.72. The van der Waals surface area contributed by atoms with Crippen LogP contribution in [0.3, 0.4) is 0 Å². The minimum Gasteiger partial charge on any atom is -0.488 e. The summed E-state index contributed by atoms with van der Waals surface area (Å²) < 4.78 is 11.9. The second-order valence-corrected chi connectivity index (χ2v) is 8.45. The van der Waals surface area contributed by atoms with Crippen LogP contribution in [0.25, 0.3) is 5.70 Å². The van der Waals surface area contributed by atoms with Gasteiger partial charge in [-0.15, -0.1) is 0 Å². The van der Waals surface area contributed by atoms with Crippen molar-refractivity contribution in [2.24, 2.45) is 0 Å². The van der Waals surface area contributed by atoms with Crippen molar-refractivity contribution in [3.05, 3.63) is 59.7 Å². The molecule has 1 aliphatic carbocycles. The average molecular weight is 418 g/mol. The second-order valence-electron chi connectivity index (χ2n) is 8.45. The maximum Gasteiger partial charge on any atom is 0.235 e. The lowest BCUT2D eigenvalue weighted by Gasteiger charge is -2.36. The number of anilines is 2. The van der Waals surface area contributed by atoms with Crippen LogP contribution in [0.1, 0.15) is 43.2 Å². The Morgan fingerprint density at radius 2 is 1.97 bits per heavy atom. The van der Waals surface area contributed by atoms with Crippen molar-refractivity contribution in [1.29, 1.82) is 5.41 Å². The molecular formula is C25H27N3O3. The summed E-state index contributed by atoms with van der Waals surface area (Å²) in [4.78, 5) is 12.9. The number of allylic oxidation sites excluding steroid dienone is 1. The number of amides is 1. The summed E-state index contributed by atoms with van der Waals surface area (Å²) >= 11 is 0. The second kappa shape index (κ2) is 8.19. The van der Waals surface area contributed by atoms with E-state index in [9.17, 15) is 4.79 Å². The highest BCUT2D eigenvalue weighted by Crippen LogP contribution is 2.54. The Morgan fingerprint density at radius 3 is 2.65 bits per heavy atom. The number of carbonyl (C=O) groups is 1. The third-order valence-electron chi connectivity index (χ3n) is 6.57. The van der Waals surface area contributed by atoms with Crippen LogP contribution in [0, 0.1) is 5.41 Å². The van der Waals surface area contributed by atoms with Gasteiger partial charge >= 0.3 is 0 Å². The Labute approximate surface area is 182 Å². The summed E-state index contributed by atoms with van der Waals surface area (Å²) in [6.45, 7) is 1.38. The number of nitrogens with one attached hydrogen (secondary N) is 3. The molecule has 0 unspecified atom stereocenters. The number of carbonyl (C=O) groups excluding carboxylic acids is 1. The molecule has 6 nitrogen and oxygen atoms in total. The van der Waals surface area contributed by atoms with Gasteiger partial charge in [-0.2, -0.15) is 0 Å². The van der Waals surface area contributed by atoms with Crippen molar-refractivity contribution in [3.63, 3.8) is 0 Å². The molecule has 1 amide bonds. The van der Waals surface area contributed by atoms with Gasteiger partial charge in [-0.1, -0.05) is 24.6 Å². The molecule has 1 saturated carbocycles. The van der Waals surface area contributed by atoms with Crippen molar-refractivity contribution in [2.45, 2.75) is 43.6 Å². The monoisotopic (exact) mass is 417 g/mol. The lowest BCUT2D eigenvalue weighted by atomic mass is 9.65. The summed E-state index contributed by atoms with van der Waals surface area (Å²) in [5.74, 6) is 0.790. The van der Waals surface area contributed by atoms with Gasteiger partial charge in [-0.05, 0) is 48.7 Å². The molecule has 3 aliphatic rings. The molecule has 2 aromatic rings. The summed E-state index contributed by atoms with van der Waals surface area (Å²) in [6, 6.07) is 14.0. The van der Waals surface area contributed by atoms with E-state index in [0.717, 1.165) is 60.3 Å². The summed E-state index contributed by atoms with van der Waals surface area (Å²) in [6.07, 6.45) is 7.54. The Balaban J connectivity index is 1.57. The Bertz CT molecular complexity index is 1020. The van der Waals surface area contributed by atoms with E-state index in [2.05, 4.69) is 16.7 Å². The van der Waals surface area contributed by atoms with Gasteiger partial charge in [-0.25, -0.2) is 0 Å². The molecule has 2 aromatic carbocycles. The summed E-state index contributed by atoms with van der Waals surface area (Å²) in [5, 5.41) is 14.2. The minimum absolute atomic E-state index is 0.0696. The zero-order chi connectivity index (χ0) is 21.3. The zero-order valence-electron chi connectivity index (χ0n) is 17.4. The average Bonchev–Trinajstić information content (AvgIpc) is 3.07. The van der Waals surface area contributed by atoms with Crippen LogP contribution in [0.2, 0.25) is 0 Å². The van der Waals surface area contributed by atoms with E-state index < -0.39 is 5.41 Å². The molecule has 160 valence electrons. The quantitative estimate of drug-likeness (QED) is 0.594. The Hall–Kier alpha value is -3.12. The topological polar surface area (TPSA) is 83.4 Å². The van der Waals surface area contributed by atoms with Crippen LogP contribution in [0.4, 0.5) is 11.4 Å². The van der Waals surface area contributed by atoms with Gasteiger partial charge < -0.3 is 25.5 Å². The third-order valence-corrected chi connectivity index (χ3v) is 6.57. The minimum atomic E-state index is -0.443. The van der Waals surface area contributed by atoms with E-state index in [4.69, 9.17) is 14.9 Å². The Kier molecular flexibility index (Phi) is 5.24. The van der Waals surface area contributed by atoms with Crippen LogP contribution in [0.15, 0.2) is 48.5 Å². The molecule has 2 aliphatic heterocycles. The molecule has 3 N–H and O–H groups in total. The number of para-hydroxylation sites is 1. The third kappa shape index (κ3) is 3.61. The summed E-state index contributed by atoms with van der Waals surface area (Å²) in [5.41, 5.74) is 4.05. The van der Waals surface area contributed by atoms with Crippen molar-refractivity contribution in [1.82, 2.24) is 0 Å². The number of fused-ring (bicyclic) bond motifs is 2. The highest BCUT2D eigenvalue weighted by Gasteiger charge is 2.52. The first-order chi connectivity index (χ1) is 15.2. The smallest absolute Gasteiger partial charge is 0.235 e. The molecule has 0 atom stereocenters. The number of hydrogen-bond acceptors (Lipinski definition) is 5. The zero-order valence-corrected chi connectivity index (χ0v) is 17.4. The van der Waals surface area contributed by atoms with Crippen LogP contribution in [0.5, 0.6) is 5.75 Å². The number of hydrogen-bond donors (Lipinski definition) is 3. The van der Waals surface area contributed by atoms with E-state index in [0.29, 0.717) is 19.0 Å². The van der Waals surface area contributed by atoms with E-state index in [1.54, 1.807) is 6.08 Å². The van der Waals surface area contributed by atoms with Gasteiger partial charge in [0.05, 0.1) is 24.3 Å². The fourth-order valence-corrected chi connectivity index (χ4v) is 4.70. The number of rotatable bonds is 6. The van der Waals surface area contributed by atoms with Gasteiger partial charge in [0.25, 0.3) is 0 Å². The molecule has 31 heavy (non-hydrogen) atoms. The van der Waals surface area contributed by atoms with Crippen molar-refractivity contribution in [2.75, 3.05) is 23.8 Å². The molecule has 6 heteroatoms. The predicted molar refractivity (Wildman–Crippen MR) is 122 cm³/mol. The van der Waals surface area contributed by atoms with Crippen LogP contribution >= 0.6 is 0 Å². The number of ether oxygens (including phenoxy) is 2. The SMILES string of the molecule is N=C/C=C(\Nc1ccccc1)c1cc(OC2CCOCC2)c2c(c1)C1(CCC1)C(=O)N2. The molecule has 2 heterocycles. The first kappa shape index (κ1) is 19.8. The van der Waals surface area contributed by atoms with Gasteiger partial charge in [0.1, 0.15) is 11.9 Å². The maximum absolute atomic E-state index is 12.9. The highest BCUT2D eigenvalue weighted by atomic mass is 16.5. The largest absolute Gasteiger partial charge is 0.488 e. The van der Waals surface area contributed by atoms with Crippen molar-refractivity contribution < 1.29 is 14.3 Å². The maximum atomic E-state index is 12.9. The molecule has 5 rings (SSSR count). The molecule has 1 spiro atoms. The lowest BCUT2D eigenvalue weighted by Crippen LogP contribution is -2.40. The van der Waals surface area contributed by atoms with E-state index in [-0.39, 0.29) is 12.0 Å². The summed E-state index contributed by atoms with van der Waals surface area (Å²) in [7, 11) is 0. The van der Waals surface area contributed by atoms with Gasteiger partial charge in [-0.3, -0.25) is 4.79 Å². The highest BCUT2D eigenvalue weighted by molar-refractivity contribution is 6.09. The molecular weight excluding hydrogens is 390 g/mol. The molecule has 0 bridgehead atoms. The number of benzene rings is 2.